The highest BCUT2D eigenvalue weighted by Gasteiger charge is 2.13. The van der Waals surface area contributed by atoms with Gasteiger partial charge in [-0.2, -0.15) is 5.26 Å². The standard InChI is InChI=1S/C17H17N7/c1-12-9-22-17(21-7-5-13-10-19-11-23-13)24-16(12)14(8-18)15-4-2-3-6-20-15/h2-4,6,9-11,20H,5,7H2,1H3,(H,19,23)(H,21,22,24). The molecular weight excluding hydrogens is 302 g/mol. The molecule has 0 aromatic carbocycles. The van der Waals surface area contributed by atoms with Gasteiger partial charge < -0.3 is 15.6 Å². The molecule has 24 heavy (non-hydrogen) atoms. The van der Waals surface area contributed by atoms with Crippen molar-refractivity contribution in [3.8, 4) is 6.07 Å². The van der Waals surface area contributed by atoms with Crippen LogP contribution in [0, 0.1) is 18.3 Å². The first-order chi connectivity index (χ1) is 11.8. The van der Waals surface area contributed by atoms with Gasteiger partial charge in [0, 0.05) is 31.6 Å². The van der Waals surface area contributed by atoms with Crippen molar-refractivity contribution in [1.29, 1.82) is 5.26 Å². The molecule has 0 amide bonds. The summed E-state index contributed by atoms with van der Waals surface area (Å²) in [6.45, 7) is 2.55. The van der Waals surface area contributed by atoms with E-state index in [1.54, 1.807) is 18.7 Å². The van der Waals surface area contributed by atoms with Crippen LogP contribution < -0.4 is 10.6 Å². The van der Waals surface area contributed by atoms with E-state index in [1.165, 1.54) is 0 Å². The van der Waals surface area contributed by atoms with Gasteiger partial charge in [-0.05, 0) is 24.6 Å². The van der Waals surface area contributed by atoms with Gasteiger partial charge in [0.05, 0.1) is 23.4 Å². The zero-order valence-corrected chi connectivity index (χ0v) is 13.2. The second kappa shape index (κ2) is 7.24. The van der Waals surface area contributed by atoms with Crippen molar-refractivity contribution in [2.75, 3.05) is 11.9 Å². The van der Waals surface area contributed by atoms with Gasteiger partial charge in [-0.3, -0.25) is 0 Å². The number of nitriles is 1. The van der Waals surface area contributed by atoms with Gasteiger partial charge in [-0.15, -0.1) is 0 Å². The Balaban J connectivity index is 1.79. The molecule has 7 heteroatoms. The lowest BCUT2D eigenvalue weighted by molar-refractivity contribution is 0.947. The first-order valence-corrected chi connectivity index (χ1v) is 7.57. The predicted octanol–water partition coefficient (Wildman–Crippen LogP) is 2.07. The van der Waals surface area contributed by atoms with E-state index in [1.807, 2.05) is 31.3 Å². The number of aryl methyl sites for hydroxylation is 1. The third kappa shape index (κ3) is 3.50. The van der Waals surface area contributed by atoms with E-state index in [2.05, 4.69) is 36.6 Å². The third-order valence-corrected chi connectivity index (χ3v) is 3.52. The summed E-state index contributed by atoms with van der Waals surface area (Å²) >= 11 is 0. The molecular formula is C17H17N7. The number of allylic oxidation sites excluding steroid dienone is 4. The van der Waals surface area contributed by atoms with Gasteiger partial charge in [0.25, 0.3) is 0 Å². The minimum atomic E-state index is 0.492. The largest absolute Gasteiger partial charge is 0.361 e. The lowest BCUT2D eigenvalue weighted by atomic mass is 10.1. The molecule has 7 nitrogen and oxygen atoms in total. The van der Waals surface area contributed by atoms with Crippen LogP contribution in [0.5, 0.6) is 0 Å². The molecule has 0 spiro atoms. The number of anilines is 1. The number of dihydropyridines is 1. The molecule has 3 rings (SSSR count). The van der Waals surface area contributed by atoms with Crippen LogP contribution >= 0.6 is 0 Å². The Morgan fingerprint density at radius 3 is 2.96 bits per heavy atom. The SMILES string of the molecule is Cc1cnc(NCCc2c[nH]cn2)nc1C(C#N)=C1C=CC=CN1. The van der Waals surface area contributed by atoms with Gasteiger partial charge in [0.15, 0.2) is 0 Å². The van der Waals surface area contributed by atoms with Crippen LogP contribution in [0.4, 0.5) is 5.95 Å². The fourth-order valence-corrected chi connectivity index (χ4v) is 2.30. The summed E-state index contributed by atoms with van der Waals surface area (Å²) in [4.78, 5) is 15.9. The zero-order chi connectivity index (χ0) is 16.8. The quantitative estimate of drug-likeness (QED) is 0.729. The van der Waals surface area contributed by atoms with Gasteiger partial charge in [-0.1, -0.05) is 6.08 Å². The van der Waals surface area contributed by atoms with E-state index >= 15 is 0 Å². The summed E-state index contributed by atoms with van der Waals surface area (Å²) < 4.78 is 0. The highest BCUT2D eigenvalue weighted by Crippen LogP contribution is 2.21. The molecule has 2 aromatic rings. The maximum atomic E-state index is 9.55. The number of nitrogens with zero attached hydrogens (tertiary/aromatic N) is 4. The predicted molar refractivity (Wildman–Crippen MR) is 91.5 cm³/mol. The maximum absolute atomic E-state index is 9.55. The van der Waals surface area contributed by atoms with E-state index in [0.717, 1.165) is 23.4 Å². The number of H-pyrrole nitrogens is 1. The molecule has 3 N–H and O–H groups in total. The number of aromatic amines is 1. The fraction of sp³-hybridized carbons (Fsp3) is 0.176. The average Bonchev–Trinajstić information content (AvgIpc) is 3.12. The minimum Gasteiger partial charge on any atom is -0.361 e. The van der Waals surface area contributed by atoms with Crippen LogP contribution in [0.3, 0.4) is 0 Å². The van der Waals surface area contributed by atoms with Crippen molar-refractivity contribution in [1.82, 2.24) is 25.3 Å². The maximum Gasteiger partial charge on any atom is 0.223 e. The summed E-state index contributed by atoms with van der Waals surface area (Å²) in [5.41, 5.74) is 3.66. The smallest absolute Gasteiger partial charge is 0.223 e. The zero-order valence-electron chi connectivity index (χ0n) is 13.2. The second-order valence-electron chi connectivity index (χ2n) is 5.23. The van der Waals surface area contributed by atoms with Crippen molar-refractivity contribution in [3.05, 3.63) is 65.8 Å². The Morgan fingerprint density at radius 1 is 1.33 bits per heavy atom. The molecule has 1 aliphatic heterocycles. The molecule has 0 unspecified atom stereocenters. The van der Waals surface area contributed by atoms with Crippen molar-refractivity contribution in [3.63, 3.8) is 0 Å². The molecule has 1 aliphatic rings. The highest BCUT2D eigenvalue weighted by molar-refractivity contribution is 5.80. The van der Waals surface area contributed by atoms with Crippen LogP contribution in [0.1, 0.15) is 17.0 Å². The molecule has 0 saturated heterocycles. The summed E-state index contributed by atoms with van der Waals surface area (Å²) in [5, 5.41) is 15.8. The van der Waals surface area contributed by atoms with Gasteiger partial charge in [0.2, 0.25) is 5.95 Å². The average molecular weight is 319 g/mol. The minimum absolute atomic E-state index is 0.492. The lowest BCUT2D eigenvalue weighted by Gasteiger charge is -2.12. The molecule has 0 aliphatic carbocycles. The van der Waals surface area contributed by atoms with Gasteiger partial charge in [0.1, 0.15) is 11.6 Å². The van der Waals surface area contributed by atoms with E-state index in [-0.39, 0.29) is 0 Å². The molecule has 120 valence electrons. The molecule has 0 fully saturated rings. The number of rotatable bonds is 5. The first kappa shape index (κ1) is 15.5. The van der Waals surface area contributed by atoms with Crippen LogP contribution in [0.2, 0.25) is 0 Å². The summed E-state index contributed by atoms with van der Waals surface area (Å²) in [5.74, 6) is 0.495. The third-order valence-electron chi connectivity index (χ3n) is 3.52. The number of hydrogen-bond acceptors (Lipinski definition) is 6. The molecule has 2 aromatic heterocycles. The van der Waals surface area contributed by atoms with Crippen molar-refractivity contribution < 1.29 is 0 Å². The molecule has 3 heterocycles. The molecule has 0 radical (unpaired) electrons. The van der Waals surface area contributed by atoms with Crippen LogP contribution in [0.15, 0.2) is 48.8 Å². The Labute approximate surface area is 139 Å². The van der Waals surface area contributed by atoms with Gasteiger partial charge >= 0.3 is 0 Å². The number of imidazole rings is 1. The Bertz CT molecular complexity index is 838. The van der Waals surface area contributed by atoms with Crippen LogP contribution in [-0.4, -0.2) is 26.5 Å². The van der Waals surface area contributed by atoms with E-state index < -0.39 is 0 Å². The number of aromatic nitrogens is 4. The number of hydrogen-bond donors (Lipinski definition) is 3. The fourth-order valence-electron chi connectivity index (χ4n) is 2.30. The molecule has 0 bridgehead atoms. The van der Waals surface area contributed by atoms with E-state index in [9.17, 15) is 5.26 Å². The van der Waals surface area contributed by atoms with Crippen LogP contribution in [0.25, 0.3) is 5.57 Å². The molecule has 0 saturated carbocycles. The molecule has 0 atom stereocenters. The van der Waals surface area contributed by atoms with Crippen LogP contribution in [-0.2, 0) is 6.42 Å². The van der Waals surface area contributed by atoms with E-state index in [4.69, 9.17) is 0 Å². The Kier molecular flexibility index (Phi) is 4.68. The summed E-state index contributed by atoms with van der Waals surface area (Å²) in [6.07, 6.45) is 13.4. The first-order valence-electron chi connectivity index (χ1n) is 7.57. The topological polar surface area (TPSA) is 102 Å². The normalized spacial score (nSPS) is 14.8. The highest BCUT2D eigenvalue weighted by atomic mass is 15.1. The Morgan fingerprint density at radius 2 is 2.25 bits per heavy atom. The van der Waals surface area contributed by atoms with Gasteiger partial charge in [-0.25, -0.2) is 15.0 Å². The lowest BCUT2D eigenvalue weighted by Crippen LogP contribution is -2.12. The summed E-state index contributed by atoms with van der Waals surface area (Å²) in [6, 6.07) is 2.23. The van der Waals surface area contributed by atoms with Crippen molar-refractivity contribution in [2.24, 2.45) is 0 Å². The van der Waals surface area contributed by atoms with Crippen molar-refractivity contribution in [2.45, 2.75) is 13.3 Å². The Hall–Kier alpha value is -3.40. The van der Waals surface area contributed by atoms with E-state index in [0.29, 0.717) is 23.8 Å². The monoisotopic (exact) mass is 319 g/mol. The second-order valence-corrected chi connectivity index (χ2v) is 5.23. The summed E-state index contributed by atoms with van der Waals surface area (Å²) in [7, 11) is 0. The van der Waals surface area contributed by atoms with Crippen molar-refractivity contribution >= 4 is 11.5 Å². The number of nitrogens with one attached hydrogen (secondary N) is 3.